The lowest BCUT2D eigenvalue weighted by Gasteiger charge is -2.20. The number of phosphoric acid groups is 1. The molecule has 0 heterocycles. The minimum atomic E-state index is -4.37. The van der Waals surface area contributed by atoms with Crippen molar-refractivity contribution in [2.24, 2.45) is 0 Å². The van der Waals surface area contributed by atoms with Gasteiger partial charge in [-0.05, 0) is 96.9 Å². The standard InChI is InChI=1S/C46H76NO8P/c1-4-6-8-10-12-14-16-18-20-22-24-26-28-30-32-34-36-38-45(48)52-42-44(43-54-56(50,51)53-41-40-47-3)55-46(49)39-37-35-33-31-29-27-25-23-21-19-17-15-13-11-9-7-5-2/h6-9,12-15,18-21,24-27,44,47H,4-5,10-11,16-17,22-23,28-43H2,1-3H3,(H,50,51)/b8-6-,9-7-,14-12-,15-13-,20-18-,21-19-,26-24-,27-25-. The zero-order valence-corrected chi connectivity index (χ0v) is 35.9. The number of carbonyl (C=O) groups excluding carboxylic acids is 2. The maximum absolute atomic E-state index is 12.6. The molecule has 9 nitrogen and oxygen atoms in total. The third-order valence-electron chi connectivity index (χ3n) is 8.20. The monoisotopic (exact) mass is 802 g/mol. The second-order valence-corrected chi connectivity index (χ2v) is 14.9. The van der Waals surface area contributed by atoms with Crippen LogP contribution in [0.3, 0.4) is 0 Å². The Morgan fingerprint density at radius 3 is 1.41 bits per heavy atom. The number of unbranched alkanes of at least 4 members (excludes halogenated alkanes) is 8. The van der Waals surface area contributed by atoms with E-state index in [0.29, 0.717) is 19.4 Å². The molecule has 0 aromatic carbocycles. The summed E-state index contributed by atoms with van der Waals surface area (Å²) in [7, 11) is -2.68. The fourth-order valence-electron chi connectivity index (χ4n) is 5.06. The number of nitrogens with one attached hydrogen (secondary N) is 1. The van der Waals surface area contributed by atoms with E-state index in [-0.39, 0.29) is 26.1 Å². The Balaban J connectivity index is 4.35. The van der Waals surface area contributed by atoms with Crippen molar-refractivity contribution in [1.29, 1.82) is 0 Å². The SMILES string of the molecule is CC/C=C\C/C=C\C/C=C\C/C=C\CCCCCCC(=O)OCC(COP(=O)(O)OCCNC)OC(=O)CCCCCC/C=C\C/C=C\C/C=C\C/C=C\CC. The summed E-state index contributed by atoms with van der Waals surface area (Å²) in [5, 5.41) is 2.81. The first kappa shape index (κ1) is 52.9. The van der Waals surface area contributed by atoms with Gasteiger partial charge in [-0.25, -0.2) is 4.57 Å². The molecule has 2 atom stereocenters. The minimum absolute atomic E-state index is 0.0323. The molecule has 0 radical (unpaired) electrons. The van der Waals surface area contributed by atoms with E-state index in [2.05, 4.69) is 116 Å². The summed E-state index contributed by atoms with van der Waals surface area (Å²) in [5.41, 5.74) is 0. The summed E-state index contributed by atoms with van der Waals surface area (Å²) in [6.07, 6.45) is 51.6. The highest BCUT2D eigenvalue weighted by molar-refractivity contribution is 7.47. The van der Waals surface area contributed by atoms with Crippen molar-refractivity contribution in [3.05, 3.63) is 97.2 Å². The molecule has 2 unspecified atom stereocenters. The van der Waals surface area contributed by atoms with E-state index in [4.69, 9.17) is 18.5 Å². The quantitative estimate of drug-likeness (QED) is 0.0272. The number of rotatable bonds is 38. The zero-order chi connectivity index (χ0) is 41.1. The lowest BCUT2D eigenvalue weighted by molar-refractivity contribution is -0.161. The van der Waals surface area contributed by atoms with E-state index in [0.717, 1.165) is 103 Å². The second kappa shape index (κ2) is 41.6. The zero-order valence-electron chi connectivity index (χ0n) is 35.0. The van der Waals surface area contributed by atoms with Crippen molar-refractivity contribution < 1.29 is 37.6 Å². The first-order valence-corrected chi connectivity index (χ1v) is 22.7. The van der Waals surface area contributed by atoms with Crippen LogP contribution in [0.4, 0.5) is 0 Å². The highest BCUT2D eigenvalue weighted by Gasteiger charge is 2.26. The smallest absolute Gasteiger partial charge is 0.462 e. The molecule has 2 N–H and O–H groups in total. The van der Waals surface area contributed by atoms with Crippen LogP contribution in [0.15, 0.2) is 97.2 Å². The maximum Gasteiger partial charge on any atom is 0.472 e. The predicted molar refractivity (Wildman–Crippen MR) is 233 cm³/mol. The summed E-state index contributed by atoms with van der Waals surface area (Å²) < 4.78 is 33.1. The molecular formula is C46H76NO8P. The summed E-state index contributed by atoms with van der Waals surface area (Å²) in [5.74, 6) is -0.874. The van der Waals surface area contributed by atoms with Gasteiger partial charge in [-0.3, -0.25) is 18.6 Å². The number of hydrogen-bond acceptors (Lipinski definition) is 8. The fourth-order valence-corrected chi connectivity index (χ4v) is 5.81. The van der Waals surface area contributed by atoms with Gasteiger partial charge in [0.2, 0.25) is 0 Å². The Morgan fingerprint density at radius 1 is 0.554 bits per heavy atom. The van der Waals surface area contributed by atoms with E-state index in [9.17, 15) is 19.0 Å². The summed E-state index contributed by atoms with van der Waals surface area (Å²) in [6.45, 7) is 3.91. The van der Waals surface area contributed by atoms with Gasteiger partial charge >= 0.3 is 19.8 Å². The summed E-state index contributed by atoms with van der Waals surface area (Å²) in [4.78, 5) is 35.0. The van der Waals surface area contributed by atoms with Gasteiger partial charge in [-0.15, -0.1) is 0 Å². The highest BCUT2D eigenvalue weighted by Crippen LogP contribution is 2.43. The van der Waals surface area contributed by atoms with Gasteiger partial charge in [-0.2, -0.15) is 0 Å². The van der Waals surface area contributed by atoms with E-state index in [1.807, 2.05) is 0 Å². The van der Waals surface area contributed by atoms with Gasteiger partial charge in [0, 0.05) is 19.4 Å². The van der Waals surface area contributed by atoms with Crippen LogP contribution in [0.5, 0.6) is 0 Å². The Bertz CT molecular complexity index is 1230. The summed E-state index contributed by atoms with van der Waals surface area (Å²) >= 11 is 0. The van der Waals surface area contributed by atoms with Crippen LogP contribution in [0, 0.1) is 0 Å². The average Bonchev–Trinajstić information content (AvgIpc) is 3.18. The first-order chi connectivity index (χ1) is 27.3. The molecular weight excluding hydrogens is 725 g/mol. The van der Waals surface area contributed by atoms with E-state index in [1.54, 1.807) is 7.05 Å². The van der Waals surface area contributed by atoms with Crippen LogP contribution in [-0.4, -0.2) is 56.3 Å². The minimum Gasteiger partial charge on any atom is -0.462 e. The van der Waals surface area contributed by atoms with Crippen molar-refractivity contribution in [3.63, 3.8) is 0 Å². The molecule has 0 saturated carbocycles. The molecule has 0 bridgehead atoms. The maximum atomic E-state index is 12.6. The number of carbonyl (C=O) groups is 2. The molecule has 0 fully saturated rings. The van der Waals surface area contributed by atoms with Crippen LogP contribution in [0.1, 0.15) is 142 Å². The molecule has 318 valence electrons. The van der Waals surface area contributed by atoms with Crippen LogP contribution < -0.4 is 5.32 Å². The van der Waals surface area contributed by atoms with E-state index >= 15 is 0 Å². The molecule has 10 heteroatoms. The normalized spacial score (nSPS) is 14.3. The average molecular weight is 802 g/mol. The lowest BCUT2D eigenvalue weighted by Crippen LogP contribution is -2.29. The molecule has 0 aromatic rings. The van der Waals surface area contributed by atoms with Gasteiger partial charge in [0.1, 0.15) is 6.61 Å². The number of esters is 2. The Labute approximate surface area is 340 Å². The van der Waals surface area contributed by atoms with Crippen LogP contribution in [0.2, 0.25) is 0 Å². The molecule has 56 heavy (non-hydrogen) atoms. The molecule has 0 aliphatic rings. The fraction of sp³-hybridized carbons (Fsp3) is 0.609. The third-order valence-corrected chi connectivity index (χ3v) is 9.18. The van der Waals surface area contributed by atoms with Crippen molar-refractivity contribution in [2.45, 2.75) is 148 Å². The van der Waals surface area contributed by atoms with Gasteiger partial charge in [0.15, 0.2) is 6.10 Å². The van der Waals surface area contributed by atoms with Gasteiger partial charge in [0.05, 0.1) is 13.2 Å². The topological polar surface area (TPSA) is 120 Å². The Hall–Kier alpha value is -3.07. The lowest BCUT2D eigenvalue weighted by atomic mass is 10.1. The number of likely N-dealkylation sites (N-methyl/N-ethyl adjacent to an activating group) is 1. The molecule has 0 aromatic heterocycles. The van der Waals surface area contributed by atoms with Crippen LogP contribution in [-0.2, 0) is 32.7 Å². The molecule has 0 aliphatic carbocycles. The molecule has 0 rings (SSSR count). The first-order valence-electron chi connectivity index (χ1n) is 21.2. The van der Waals surface area contributed by atoms with Crippen molar-refractivity contribution >= 4 is 19.8 Å². The largest absolute Gasteiger partial charge is 0.472 e. The Morgan fingerprint density at radius 2 is 0.964 bits per heavy atom. The van der Waals surface area contributed by atoms with E-state index in [1.165, 1.54) is 0 Å². The van der Waals surface area contributed by atoms with Gasteiger partial charge in [-0.1, -0.05) is 137 Å². The molecule has 0 amide bonds. The summed E-state index contributed by atoms with van der Waals surface area (Å²) in [6, 6.07) is 0. The highest BCUT2D eigenvalue weighted by atomic mass is 31.2. The number of allylic oxidation sites excluding steroid dienone is 16. The van der Waals surface area contributed by atoms with Crippen LogP contribution >= 0.6 is 7.82 Å². The van der Waals surface area contributed by atoms with Crippen LogP contribution in [0.25, 0.3) is 0 Å². The predicted octanol–water partition coefficient (Wildman–Crippen LogP) is 12.1. The van der Waals surface area contributed by atoms with Crippen molar-refractivity contribution in [3.8, 4) is 0 Å². The molecule has 0 spiro atoms. The van der Waals surface area contributed by atoms with Gasteiger partial charge in [0.25, 0.3) is 0 Å². The number of hydrogen-bond donors (Lipinski definition) is 2. The number of ether oxygens (including phenoxy) is 2. The van der Waals surface area contributed by atoms with Crippen molar-refractivity contribution in [1.82, 2.24) is 5.32 Å². The number of phosphoric ester groups is 1. The van der Waals surface area contributed by atoms with Gasteiger partial charge < -0.3 is 19.7 Å². The third kappa shape index (κ3) is 40.6. The van der Waals surface area contributed by atoms with E-state index < -0.39 is 32.5 Å². The Kier molecular flexibility index (Phi) is 39.3. The van der Waals surface area contributed by atoms with Crippen molar-refractivity contribution in [2.75, 3.05) is 33.4 Å². The second-order valence-electron chi connectivity index (χ2n) is 13.4. The molecule has 0 saturated heterocycles. The molecule has 0 aliphatic heterocycles.